The number of carbonyl (C=O) groups excluding carboxylic acids is 7. The second-order valence-corrected chi connectivity index (χ2v) is 8.33. The normalized spacial score (nSPS) is 12.4. The van der Waals surface area contributed by atoms with Gasteiger partial charge in [-0.1, -0.05) is 6.92 Å². The minimum absolute atomic E-state index is 0.0537. The highest BCUT2D eigenvalue weighted by Gasteiger charge is 2.30. The van der Waals surface area contributed by atoms with Gasteiger partial charge in [0.15, 0.2) is 0 Å². The van der Waals surface area contributed by atoms with E-state index in [0.29, 0.717) is 11.3 Å². The fourth-order valence-corrected chi connectivity index (χ4v) is 2.30. The molecule has 206 valence electrons. The van der Waals surface area contributed by atoms with E-state index >= 15 is 0 Å². The highest BCUT2D eigenvalue weighted by atomic mass is 16.7. The first-order chi connectivity index (χ1) is 16.7. The fraction of sp³-hybridized carbons (Fsp3) is 0.682. The third-order valence-electron chi connectivity index (χ3n) is 3.83. The van der Waals surface area contributed by atoms with Gasteiger partial charge in [0.05, 0.1) is 6.54 Å². The summed E-state index contributed by atoms with van der Waals surface area (Å²) < 4.78 is 4.84. The Morgan fingerprint density at radius 2 is 1.64 bits per heavy atom. The Morgan fingerprint density at radius 1 is 1.08 bits per heavy atom. The average molecular weight is 519 g/mol. The molecule has 0 bridgehead atoms. The molecule has 1 aliphatic rings. The lowest BCUT2D eigenvalue weighted by Crippen LogP contribution is -2.35. The molecule has 0 aliphatic carbocycles. The quantitative estimate of drug-likeness (QED) is 0.257. The van der Waals surface area contributed by atoms with Crippen LogP contribution in [0, 0.1) is 0 Å². The Bertz CT molecular complexity index is 736. The number of hydroxylamine groups is 4. The number of rotatable bonds is 9. The van der Waals surface area contributed by atoms with E-state index in [2.05, 4.69) is 10.2 Å². The first-order valence-electron chi connectivity index (χ1n) is 11.2. The van der Waals surface area contributed by atoms with Gasteiger partial charge in [-0.2, -0.15) is 5.06 Å². The molecule has 0 aromatic rings. The highest BCUT2D eigenvalue weighted by Crippen LogP contribution is 2.10. The predicted molar refractivity (Wildman–Crippen MR) is 125 cm³/mol. The Labute approximate surface area is 211 Å². The van der Waals surface area contributed by atoms with Gasteiger partial charge in [-0.3, -0.25) is 24.1 Å². The lowest BCUT2D eigenvalue weighted by molar-refractivity contribution is -0.193. The standard InChI is InChI=1S/C11H20N2O4.C6H13NO2.C5H5NO4/c1-4-7-12(2)9-11(16)17-13(3)10(15)6-5-8-14;1-6(2,3)9-5(8)7-4;7-3-10-6-4(8)1-2-5(6)9/h8H,4-7,9H2,1-3H3;1-4H3,(H,7,8);3H,1-2H2. The number of aldehydes is 1. The van der Waals surface area contributed by atoms with Crippen molar-refractivity contribution in [3.05, 3.63) is 0 Å². The Hall–Kier alpha value is -3.55. The van der Waals surface area contributed by atoms with Crippen LogP contribution in [0.25, 0.3) is 0 Å². The lowest BCUT2D eigenvalue weighted by Gasteiger charge is -2.18. The van der Waals surface area contributed by atoms with Crippen LogP contribution in [0.15, 0.2) is 0 Å². The zero-order chi connectivity index (χ0) is 28.3. The molecule has 1 fully saturated rings. The van der Waals surface area contributed by atoms with E-state index < -0.39 is 17.8 Å². The summed E-state index contributed by atoms with van der Waals surface area (Å²) in [5.41, 5.74) is -0.389. The smallest absolute Gasteiger partial charge is 0.407 e. The van der Waals surface area contributed by atoms with Gasteiger partial charge >= 0.3 is 18.5 Å². The molecule has 4 amide bonds. The lowest BCUT2D eigenvalue weighted by atomic mass is 10.2. The number of hydrogen-bond donors (Lipinski definition) is 1. The van der Waals surface area contributed by atoms with Gasteiger partial charge in [-0.15, -0.1) is 5.06 Å². The highest BCUT2D eigenvalue weighted by molar-refractivity contribution is 6.01. The number of amides is 4. The second-order valence-electron chi connectivity index (χ2n) is 8.33. The molecule has 0 unspecified atom stereocenters. The monoisotopic (exact) mass is 518 g/mol. The number of hydrogen-bond acceptors (Lipinski definition) is 11. The Balaban J connectivity index is 0. The summed E-state index contributed by atoms with van der Waals surface area (Å²) in [5, 5.41) is 3.72. The van der Waals surface area contributed by atoms with Crippen molar-refractivity contribution < 1.29 is 48.0 Å². The van der Waals surface area contributed by atoms with Crippen molar-refractivity contribution in [1.29, 1.82) is 0 Å². The van der Waals surface area contributed by atoms with Gasteiger partial charge in [0.1, 0.15) is 11.9 Å². The van der Waals surface area contributed by atoms with Gasteiger partial charge < -0.3 is 24.5 Å². The zero-order valence-electron chi connectivity index (χ0n) is 22.0. The molecule has 0 aromatic heterocycles. The Morgan fingerprint density at radius 3 is 2.03 bits per heavy atom. The van der Waals surface area contributed by atoms with Crippen molar-refractivity contribution >= 4 is 42.5 Å². The van der Waals surface area contributed by atoms with Crippen LogP contribution in [0.5, 0.6) is 0 Å². The largest absolute Gasteiger partial charge is 0.444 e. The van der Waals surface area contributed by atoms with E-state index in [1.165, 1.54) is 14.1 Å². The van der Waals surface area contributed by atoms with Gasteiger partial charge in [0.25, 0.3) is 17.7 Å². The molecular weight excluding hydrogens is 480 g/mol. The van der Waals surface area contributed by atoms with Crippen LogP contribution < -0.4 is 5.32 Å². The van der Waals surface area contributed by atoms with Gasteiger partial charge in [0.2, 0.25) is 0 Å². The van der Waals surface area contributed by atoms with Crippen LogP contribution in [0.1, 0.15) is 59.8 Å². The summed E-state index contributed by atoms with van der Waals surface area (Å²) in [5.74, 6) is -1.79. The number of nitrogens with one attached hydrogen (secondary N) is 1. The van der Waals surface area contributed by atoms with Crippen LogP contribution in [0.3, 0.4) is 0 Å². The van der Waals surface area contributed by atoms with Crippen LogP contribution in [-0.4, -0.2) is 97.4 Å². The van der Waals surface area contributed by atoms with Crippen molar-refractivity contribution in [3.63, 3.8) is 0 Å². The summed E-state index contributed by atoms with van der Waals surface area (Å²) in [6.07, 6.45) is 1.66. The predicted octanol–water partition coefficient (Wildman–Crippen LogP) is 0.588. The van der Waals surface area contributed by atoms with E-state index in [-0.39, 0.29) is 56.3 Å². The maximum absolute atomic E-state index is 11.4. The van der Waals surface area contributed by atoms with Crippen molar-refractivity contribution in [2.75, 3.05) is 34.2 Å². The van der Waals surface area contributed by atoms with E-state index in [9.17, 15) is 33.6 Å². The number of carbonyl (C=O) groups is 7. The minimum atomic E-state index is -0.483. The average Bonchev–Trinajstić information content (AvgIpc) is 3.09. The third-order valence-corrected chi connectivity index (χ3v) is 3.83. The van der Waals surface area contributed by atoms with Gasteiger partial charge in [-0.05, 0) is 40.8 Å². The van der Waals surface area contributed by atoms with Crippen LogP contribution in [0.4, 0.5) is 4.79 Å². The fourth-order valence-electron chi connectivity index (χ4n) is 2.30. The molecule has 14 heteroatoms. The van der Waals surface area contributed by atoms with E-state index in [1.54, 1.807) is 7.05 Å². The first-order valence-corrected chi connectivity index (χ1v) is 11.2. The minimum Gasteiger partial charge on any atom is -0.444 e. The SMILES string of the molecule is CCCN(C)CC(=O)ON(C)C(=O)CCC=O.CNC(=O)OC(C)(C)C.O=CON1C(=O)CCC1=O. The molecule has 1 heterocycles. The summed E-state index contributed by atoms with van der Waals surface area (Å²) >= 11 is 0. The van der Waals surface area contributed by atoms with Crippen LogP contribution in [-0.2, 0) is 43.2 Å². The molecule has 1 aliphatic heterocycles. The van der Waals surface area contributed by atoms with Crippen molar-refractivity contribution in [2.45, 2.75) is 65.4 Å². The number of alkyl carbamates (subject to hydrolysis) is 1. The summed E-state index contributed by atoms with van der Waals surface area (Å²) in [7, 11) is 4.71. The molecule has 1 N–H and O–H groups in total. The molecule has 1 rings (SSSR count). The maximum atomic E-state index is 11.4. The zero-order valence-corrected chi connectivity index (χ0v) is 22.0. The second kappa shape index (κ2) is 18.7. The van der Waals surface area contributed by atoms with Crippen molar-refractivity contribution in [3.8, 4) is 0 Å². The number of imide groups is 1. The van der Waals surface area contributed by atoms with Crippen molar-refractivity contribution in [1.82, 2.24) is 20.3 Å². The number of nitrogens with zero attached hydrogens (tertiary/aromatic N) is 3. The molecule has 36 heavy (non-hydrogen) atoms. The van der Waals surface area contributed by atoms with Gasteiger partial charge in [0, 0.05) is 39.8 Å². The molecule has 0 aromatic carbocycles. The topological polar surface area (TPSA) is 169 Å². The Kier molecular flexibility index (Phi) is 18.0. The van der Waals surface area contributed by atoms with E-state index in [4.69, 9.17) is 9.57 Å². The summed E-state index contributed by atoms with van der Waals surface area (Å²) in [6.45, 7) is 8.46. The van der Waals surface area contributed by atoms with E-state index in [1.807, 2.05) is 32.6 Å². The molecule has 1 saturated heterocycles. The third kappa shape index (κ3) is 17.9. The van der Waals surface area contributed by atoms with Gasteiger partial charge in [-0.25, -0.2) is 9.59 Å². The molecule has 14 nitrogen and oxygen atoms in total. The first kappa shape index (κ1) is 34.6. The maximum Gasteiger partial charge on any atom is 0.407 e. The summed E-state index contributed by atoms with van der Waals surface area (Å²) in [4.78, 5) is 84.9. The summed E-state index contributed by atoms with van der Waals surface area (Å²) in [6, 6.07) is 0. The van der Waals surface area contributed by atoms with E-state index in [0.717, 1.165) is 18.0 Å². The number of ether oxygens (including phenoxy) is 1. The molecule has 0 radical (unpaired) electrons. The molecule has 0 saturated carbocycles. The van der Waals surface area contributed by atoms with Crippen LogP contribution >= 0.6 is 0 Å². The molecular formula is C22H38N4O10. The van der Waals surface area contributed by atoms with Crippen molar-refractivity contribution in [2.24, 2.45) is 0 Å². The number of likely N-dealkylation sites (N-methyl/N-ethyl adjacent to an activating group) is 1. The molecule has 0 atom stereocenters. The molecule has 0 spiro atoms. The van der Waals surface area contributed by atoms with Crippen LogP contribution in [0.2, 0.25) is 0 Å².